The van der Waals surface area contributed by atoms with Crippen molar-refractivity contribution in [2.75, 3.05) is 13.9 Å². The lowest BCUT2D eigenvalue weighted by Gasteiger charge is -2.39. The molecule has 0 aromatic heterocycles. The molecule has 0 bridgehead atoms. The van der Waals surface area contributed by atoms with Gasteiger partial charge in [-0.05, 0) is 49.5 Å². The van der Waals surface area contributed by atoms with Crippen molar-refractivity contribution in [2.45, 2.75) is 58.5 Å². The first kappa shape index (κ1) is 23.8. The van der Waals surface area contributed by atoms with Gasteiger partial charge in [-0.15, -0.1) is 0 Å². The lowest BCUT2D eigenvalue weighted by molar-refractivity contribution is 0.0506. The molecule has 0 fully saturated rings. The van der Waals surface area contributed by atoms with Gasteiger partial charge in [-0.25, -0.2) is 0 Å². The Labute approximate surface area is 190 Å². The summed E-state index contributed by atoms with van der Waals surface area (Å²) in [5, 5.41) is 2.65. The topological polar surface area (TPSA) is 18.5 Å². The minimum Gasteiger partial charge on any atom is -0.467 e. The van der Waals surface area contributed by atoms with Crippen LogP contribution in [0.2, 0.25) is 0 Å². The largest absolute Gasteiger partial charge is 0.467 e. The highest BCUT2D eigenvalue weighted by molar-refractivity contribution is 7.75. The van der Waals surface area contributed by atoms with Crippen LogP contribution in [-0.2, 0) is 10.2 Å². The maximum absolute atomic E-state index is 6.36. The zero-order valence-corrected chi connectivity index (χ0v) is 21.0. The molecule has 2 nitrogen and oxygen atoms in total. The van der Waals surface area contributed by atoms with Crippen molar-refractivity contribution in [1.82, 2.24) is 0 Å². The quantitative estimate of drug-likeness (QED) is 0.342. The first-order valence-electron chi connectivity index (χ1n) is 11.2. The number of hydrogen-bond acceptors (Lipinski definition) is 2. The van der Waals surface area contributed by atoms with Crippen LogP contribution in [0, 0.1) is 12.8 Å². The van der Waals surface area contributed by atoms with Crippen molar-refractivity contribution < 1.29 is 9.47 Å². The van der Waals surface area contributed by atoms with Crippen LogP contribution in [-0.4, -0.2) is 19.1 Å². The van der Waals surface area contributed by atoms with Gasteiger partial charge in [-0.1, -0.05) is 95.3 Å². The van der Waals surface area contributed by atoms with Crippen LogP contribution in [0.1, 0.15) is 52.2 Å². The maximum Gasteiger partial charge on any atom is 0.188 e. The summed E-state index contributed by atoms with van der Waals surface area (Å²) in [5.74, 6) is 1.57. The third-order valence-electron chi connectivity index (χ3n) is 5.63. The van der Waals surface area contributed by atoms with Gasteiger partial charge in [0.1, 0.15) is 5.75 Å². The van der Waals surface area contributed by atoms with Crippen LogP contribution in [0.4, 0.5) is 0 Å². The standard InChI is InChI=1S/C28H37O2P/c1-21(2)19-28(15-11-12-16-28)31(23-13-9-8-10-14-23)25-18-22(3)17-24(27(4,5)6)26(25)30-20-29-7/h8-18,21H,19-20H2,1-7H3. The molecule has 1 aliphatic rings. The van der Waals surface area contributed by atoms with Crippen LogP contribution < -0.4 is 15.3 Å². The molecule has 0 N–H and O–H groups in total. The Morgan fingerprint density at radius 2 is 1.65 bits per heavy atom. The fourth-order valence-electron chi connectivity index (χ4n) is 4.46. The first-order chi connectivity index (χ1) is 14.7. The van der Waals surface area contributed by atoms with Crippen molar-refractivity contribution in [1.29, 1.82) is 0 Å². The molecule has 0 saturated carbocycles. The molecule has 0 amide bonds. The predicted molar refractivity (Wildman–Crippen MR) is 135 cm³/mol. The maximum atomic E-state index is 6.36. The van der Waals surface area contributed by atoms with Crippen LogP contribution in [0.5, 0.6) is 5.75 Å². The number of allylic oxidation sites excluding steroid dienone is 4. The molecule has 31 heavy (non-hydrogen) atoms. The SMILES string of the molecule is COCOc1c(P(c2ccccc2)C2(CC(C)C)C=CC=C2)cc(C)cc1C(C)(C)C. The van der Waals surface area contributed by atoms with E-state index in [4.69, 9.17) is 9.47 Å². The number of rotatable bonds is 8. The van der Waals surface area contributed by atoms with Gasteiger partial charge < -0.3 is 9.47 Å². The highest BCUT2D eigenvalue weighted by Crippen LogP contribution is 2.57. The lowest BCUT2D eigenvalue weighted by Crippen LogP contribution is -2.34. The Balaban J connectivity index is 2.33. The van der Waals surface area contributed by atoms with Gasteiger partial charge in [0.15, 0.2) is 6.79 Å². The Bertz CT molecular complexity index is 923. The fourth-order valence-corrected chi connectivity index (χ4v) is 7.87. The van der Waals surface area contributed by atoms with E-state index in [0.29, 0.717) is 5.92 Å². The number of ether oxygens (including phenoxy) is 2. The molecule has 3 rings (SSSR count). The molecule has 2 aromatic carbocycles. The van der Waals surface area contributed by atoms with Gasteiger partial charge in [0, 0.05) is 23.1 Å². The van der Waals surface area contributed by atoms with Gasteiger partial charge in [0.2, 0.25) is 0 Å². The van der Waals surface area contributed by atoms with Crippen LogP contribution in [0.3, 0.4) is 0 Å². The zero-order valence-electron chi connectivity index (χ0n) is 20.1. The van der Waals surface area contributed by atoms with E-state index >= 15 is 0 Å². The molecule has 3 heteroatoms. The monoisotopic (exact) mass is 436 g/mol. The van der Waals surface area contributed by atoms with E-state index < -0.39 is 7.92 Å². The van der Waals surface area contributed by atoms with E-state index in [1.54, 1.807) is 7.11 Å². The highest BCUT2D eigenvalue weighted by atomic mass is 31.1. The minimum atomic E-state index is -0.740. The smallest absolute Gasteiger partial charge is 0.188 e. The molecule has 2 aromatic rings. The summed E-state index contributed by atoms with van der Waals surface area (Å²) < 4.78 is 11.7. The summed E-state index contributed by atoms with van der Waals surface area (Å²) in [5.41, 5.74) is 2.49. The van der Waals surface area contributed by atoms with Crippen molar-refractivity contribution >= 4 is 18.5 Å². The van der Waals surface area contributed by atoms with E-state index in [9.17, 15) is 0 Å². The van der Waals surface area contributed by atoms with Crippen LogP contribution >= 0.6 is 7.92 Å². The summed E-state index contributed by atoms with van der Waals surface area (Å²) >= 11 is 0. The van der Waals surface area contributed by atoms with Crippen molar-refractivity contribution in [3.05, 3.63) is 77.9 Å². The van der Waals surface area contributed by atoms with Crippen molar-refractivity contribution in [2.24, 2.45) is 5.92 Å². The van der Waals surface area contributed by atoms with E-state index in [2.05, 4.69) is 108 Å². The number of methoxy groups -OCH3 is 1. The molecule has 1 unspecified atom stereocenters. The van der Waals surface area contributed by atoms with Gasteiger partial charge in [-0.2, -0.15) is 0 Å². The Hall–Kier alpha value is -1.89. The second kappa shape index (κ2) is 9.72. The highest BCUT2D eigenvalue weighted by Gasteiger charge is 2.40. The second-order valence-corrected chi connectivity index (χ2v) is 12.4. The van der Waals surface area contributed by atoms with Gasteiger partial charge in [0.25, 0.3) is 0 Å². The lowest BCUT2D eigenvalue weighted by atomic mass is 9.85. The molecule has 0 radical (unpaired) electrons. The zero-order chi connectivity index (χ0) is 22.6. The summed E-state index contributed by atoms with van der Waals surface area (Å²) in [6, 6.07) is 15.6. The molecular formula is C28H37O2P. The summed E-state index contributed by atoms with van der Waals surface area (Å²) in [4.78, 5) is 0. The van der Waals surface area contributed by atoms with E-state index in [0.717, 1.165) is 12.2 Å². The molecule has 0 aliphatic heterocycles. The third-order valence-corrected chi connectivity index (χ3v) is 8.57. The average molecular weight is 437 g/mol. The van der Waals surface area contributed by atoms with Gasteiger partial charge in [-0.3, -0.25) is 0 Å². The number of aryl methyl sites for hydroxylation is 1. The second-order valence-electron chi connectivity index (χ2n) is 9.94. The fraction of sp³-hybridized carbons (Fsp3) is 0.429. The molecule has 0 heterocycles. The van der Waals surface area contributed by atoms with Crippen LogP contribution in [0.15, 0.2) is 66.8 Å². The van der Waals surface area contributed by atoms with Crippen LogP contribution in [0.25, 0.3) is 0 Å². The van der Waals surface area contributed by atoms with E-state index in [1.165, 1.54) is 21.7 Å². The van der Waals surface area contributed by atoms with Crippen molar-refractivity contribution in [3.8, 4) is 5.75 Å². The molecule has 1 aliphatic carbocycles. The number of benzene rings is 2. The molecule has 0 spiro atoms. The van der Waals surface area contributed by atoms with Crippen molar-refractivity contribution in [3.63, 3.8) is 0 Å². The Morgan fingerprint density at radius 3 is 2.19 bits per heavy atom. The average Bonchev–Trinajstić information content (AvgIpc) is 3.15. The van der Waals surface area contributed by atoms with Gasteiger partial charge >= 0.3 is 0 Å². The molecule has 1 atom stereocenters. The number of hydrogen-bond donors (Lipinski definition) is 0. The molecular weight excluding hydrogens is 399 g/mol. The normalized spacial score (nSPS) is 16.1. The Kier molecular flexibility index (Phi) is 7.45. The summed E-state index contributed by atoms with van der Waals surface area (Å²) in [7, 11) is 0.948. The Morgan fingerprint density at radius 1 is 1.00 bits per heavy atom. The summed E-state index contributed by atoms with van der Waals surface area (Å²) in [6.45, 7) is 13.9. The van der Waals surface area contributed by atoms with E-state index in [1.807, 2.05) is 0 Å². The molecule has 166 valence electrons. The summed E-state index contributed by atoms with van der Waals surface area (Å²) in [6.07, 6.45) is 10.4. The minimum absolute atomic E-state index is 0.0288. The first-order valence-corrected chi connectivity index (χ1v) is 12.5. The van der Waals surface area contributed by atoms with E-state index in [-0.39, 0.29) is 17.4 Å². The molecule has 0 saturated heterocycles. The third kappa shape index (κ3) is 5.30. The van der Waals surface area contributed by atoms with Gasteiger partial charge in [0.05, 0.1) is 0 Å². The predicted octanol–water partition coefficient (Wildman–Crippen LogP) is 6.62.